The maximum atomic E-state index is 13.0. The van der Waals surface area contributed by atoms with Crippen LogP contribution in [-0.2, 0) is 13.6 Å². The number of hydrogen-bond acceptors (Lipinski definition) is 4. The van der Waals surface area contributed by atoms with Crippen LogP contribution in [-0.4, -0.2) is 55.3 Å². The van der Waals surface area contributed by atoms with Crippen LogP contribution in [0, 0.1) is 0 Å². The van der Waals surface area contributed by atoms with Gasteiger partial charge in [0.25, 0.3) is 5.91 Å². The van der Waals surface area contributed by atoms with E-state index in [1.807, 2.05) is 31.3 Å². The molecule has 1 saturated heterocycles. The number of aliphatic hydroxyl groups excluding tert-OH is 1. The van der Waals surface area contributed by atoms with Gasteiger partial charge in [0, 0.05) is 49.2 Å². The summed E-state index contributed by atoms with van der Waals surface area (Å²) in [5.41, 5.74) is 10.5. The van der Waals surface area contributed by atoms with Gasteiger partial charge in [0.05, 0.1) is 22.8 Å². The Hall–Kier alpha value is -2.87. The summed E-state index contributed by atoms with van der Waals surface area (Å²) < 4.78 is 4.34. The van der Waals surface area contributed by atoms with E-state index in [0.29, 0.717) is 25.1 Å². The molecular formula is C24H28ClN5O2. The van der Waals surface area contributed by atoms with E-state index in [4.69, 9.17) is 10.7 Å². The lowest BCUT2D eigenvalue weighted by atomic mass is 10.0. The second-order valence-corrected chi connectivity index (χ2v) is 8.39. The van der Waals surface area contributed by atoms with Gasteiger partial charge in [-0.2, -0.15) is 0 Å². The van der Waals surface area contributed by atoms with Gasteiger partial charge < -0.3 is 24.9 Å². The van der Waals surface area contributed by atoms with E-state index in [1.54, 1.807) is 4.90 Å². The topological polar surface area (TPSA) is 89.3 Å². The number of amides is 1. The molecule has 3 N–H and O–H groups in total. The standard InChI is InChI=1S/C24H27N5O2.ClH/c1-3-29-20-7-5-4-6-15(20)11-22(29)23-26-19-10-16(8-9-21(19)27(23)2)24(31)28-13-17(25)12-18(30)14-28;/h4-11,17-18,30H,3,12-14,25H2,1-2H3;1H. The van der Waals surface area contributed by atoms with Crippen LogP contribution >= 0.6 is 12.4 Å². The molecule has 32 heavy (non-hydrogen) atoms. The summed E-state index contributed by atoms with van der Waals surface area (Å²) in [4.78, 5) is 19.6. The van der Waals surface area contributed by atoms with Crippen LogP contribution in [0.2, 0.25) is 0 Å². The van der Waals surface area contributed by atoms with E-state index >= 15 is 0 Å². The number of imidazole rings is 1. The molecule has 1 aliphatic rings. The first-order valence-corrected chi connectivity index (χ1v) is 10.7. The number of rotatable bonds is 3. The lowest BCUT2D eigenvalue weighted by Gasteiger charge is -2.34. The van der Waals surface area contributed by atoms with Gasteiger partial charge in [0.15, 0.2) is 5.82 Å². The molecule has 2 unspecified atom stereocenters. The minimum absolute atomic E-state index is 0. The van der Waals surface area contributed by atoms with Crippen LogP contribution < -0.4 is 5.73 Å². The normalized spacial score (nSPS) is 18.8. The first kappa shape index (κ1) is 22.3. The molecule has 7 nitrogen and oxygen atoms in total. The van der Waals surface area contributed by atoms with Crippen molar-refractivity contribution >= 4 is 40.3 Å². The third-order valence-corrected chi connectivity index (χ3v) is 6.23. The van der Waals surface area contributed by atoms with Crippen LogP contribution in [0.15, 0.2) is 48.5 Å². The van der Waals surface area contributed by atoms with Gasteiger partial charge in [-0.1, -0.05) is 18.2 Å². The number of nitrogens with zero attached hydrogens (tertiary/aromatic N) is 4. The highest BCUT2D eigenvalue weighted by Gasteiger charge is 2.28. The van der Waals surface area contributed by atoms with Crippen LogP contribution in [0.5, 0.6) is 0 Å². The number of aliphatic hydroxyl groups is 1. The SMILES string of the molecule is CCn1c(-c2nc3cc(C(=O)N4CC(N)CC(O)C4)ccc3n2C)cc2ccccc21.Cl. The van der Waals surface area contributed by atoms with Crippen LogP contribution in [0.1, 0.15) is 23.7 Å². The summed E-state index contributed by atoms with van der Waals surface area (Å²) in [7, 11) is 2.00. The molecule has 2 atom stereocenters. The number of likely N-dealkylation sites (tertiary alicyclic amines) is 1. The van der Waals surface area contributed by atoms with Crippen LogP contribution in [0.4, 0.5) is 0 Å². The number of halogens is 1. The quantitative estimate of drug-likeness (QED) is 0.498. The number of carbonyl (C=O) groups is 1. The number of para-hydroxylation sites is 1. The monoisotopic (exact) mass is 453 g/mol. The van der Waals surface area contributed by atoms with Gasteiger partial charge in [-0.25, -0.2) is 4.98 Å². The third-order valence-electron chi connectivity index (χ3n) is 6.23. The second-order valence-electron chi connectivity index (χ2n) is 8.39. The summed E-state index contributed by atoms with van der Waals surface area (Å²) in [5.74, 6) is 0.749. The maximum absolute atomic E-state index is 13.0. The van der Waals surface area contributed by atoms with Crippen molar-refractivity contribution in [3.8, 4) is 11.5 Å². The van der Waals surface area contributed by atoms with Crippen molar-refractivity contribution in [2.75, 3.05) is 13.1 Å². The largest absolute Gasteiger partial charge is 0.391 e. The molecule has 0 radical (unpaired) electrons. The Labute approximate surface area is 192 Å². The highest BCUT2D eigenvalue weighted by atomic mass is 35.5. The molecule has 1 amide bonds. The highest BCUT2D eigenvalue weighted by Crippen LogP contribution is 2.30. The number of aryl methyl sites for hydroxylation is 2. The molecule has 2 aromatic heterocycles. The predicted molar refractivity (Wildman–Crippen MR) is 129 cm³/mol. The molecule has 4 aromatic rings. The van der Waals surface area contributed by atoms with Crippen LogP contribution in [0.3, 0.4) is 0 Å². The van der Waals surface area contributed by atoms with Crippen molar-refractivity contribution < 1.29 is 9.90 Å². The minimum atomic E-state index is -0.575. The maximum Gasteiger partial charge on any atom is 0.254 e. The molecule has 0 spiro atoms. The molecule has 1 fully saturated rings. The number of β-amino-alcohol motifs (C(OH)–C–C–N with tert-alkyl or cyclic N) is 1. The number of carbonyl (C=O) groups excluding carboxylic acids is 1. The fraction of sp³-hybridized carbons (Fsp3) is 0.333. The molecule has 0 saturated carbocycles. The van der Waals surface area contributed by atoms with Gasteiger partial charge in [-0.3, -0.25) is 4.79 Å². The zero-order chi connectivity index (χ0) is 21.7. The Morgan fingerprint density at radius 1 is 1.16 bits per heavy atom. The molecule has 2 aromatic carbocycles. The highest BCUT2D eigenvalue weighted by molar-refractivity contribution is 5.98. The summed E-state index contributed by atoms with van der Waals surface area (Å²) >= 11 is 0. The van der Waals surface area contributed by atoms with E-state index in [9.17, 15) is 9.90 Å². The van der Waals surface area contributed by atoms with Crippen molar-refractivity contribution in [3.05, 3.63) is 54.1 Å². The summed E-state index contributed by atoms with van der Waals surface area (Å²) in [6.45, 7) is 3.74. The number of benzene rings is 2. The average molecular weight is 454 g/mol. The van der Waals surface area contributed by atoms with Gasteiger partial charge in [0.1, 0.15) is 0 Å². The van der Waals surface area contributed by atoms with Gasteiger partial charge in [0.2, 0.25) is 0 Å². The van der Waals surface area contributed by atoms with E-state index < -0.39 is 6.10 Å². The van der Waals surface area contributed by atoms with Crippen molar-refractivity contribution in [1.82, 2.24) is 19.0 Å². The number of aromatic nitrogens is 3. The Balaban J connectivity index is 0.00000245. The van der Waals surface area contributed by atoms with Crippen molar-refractivity contribution in [2.24, 2.45) is 12.8 Å². The average Bonchev–Trinajstić information content (AvgIpc) is 3.29. The molecule has 5 rings (SSSR count). The fourth-order valence-electron chi connectivity index (χ4n) is 4.76. The zero-order valence-electron chi connectivity index (χ0n) is 18.2. The molecule has 8 heteroatoms. The van der Waals surface area contributed by atoms with Crippen molar-refractivity contribution in [2.45, 2.75) is 32.0 Å². The van der Waals surface area contributed by atoms with E-state index in [0.717, 1.165) is 29.1 Å². The smallest absolute Gasteiger partial charge is 0.254 e. The number of piperidine rings is 1. The first-order valence-electron chi connectivity index (χ1n) is 10.7. The Morgan fingerprint density at radius 3 is 2.69 bits per heavy atom. The lowest BCUT2D eigenvalue weighted by molar-refractivity contribution is 0.0424. The molecule has 3 heterocycles. The van der Waals surface area contributed by atoms with E-state index in [1.165, 1.54) is 10.9 Å². The van der Waals surface area contributed by atoms with E-state index in [-0.39, 0.29) is 24.4 Å². The Bertz CT molecular complexity index is 1280. The number of hydrogen-bond donors (Lipinski definition) is 2. The third kappa shape index (κ3) is 3.66. The minimum Gasteiger partial charge on any atom is -0.391 e. The van der Waals surface area contributed by atoms with Crippen molar-refractivity contribution in [1.29, 1.82) is 0 Å². The summed E-state index contributed by atoms with van der Waals surface area (Å²) in [6.07, 6.45) is -0.0495. The summed E-state index contributed by atoms with van der Waals surface area (Å²) in [5, 5.41) is 11.2. The Morgan fingerprint density at radius 2 is 1.94 bits per heavy atom. The molecule has 168 valence electrons. The fourth-order valence-corrected chi connectivity index (χ4v) is 4.76. The Kier molecular flexibility index (Phi) is 5.99. The van der Waals surface area contributed by atoms with Crippen LogP contribution in [0.25, 0.3) is 33.5 Å². The second kappa shape index (κ2) is 8.58. The number of nitrogens with two attached hydrogens (primary N) is 1. The molecular weight excluding hydrogens is 426 g/mol. The molecule has 0 bridgehead atoms. The van der Waals surface area contributed by atoms with Gasteiger partial charge >= 0.3 is 0 Å². The van der Waals surface area contributed by atoms with E-state index in [2.05, 4.69) is 40.3 Å². The zero-order valence-corrected chi connectivity index (χ0v) is 19.0. The van der Waals surface area contributed by atoms with Crippen molar-refractivity contribution in [3.63, 3.8) is 0 Å². The number of fused-ring (bicyclic) bond motifs is 2. The molecule has 1 aliphatic heterocycles. The summed E-state index contributed by atoms with van der Waals surface area (Å²) in [6, 6.07) is 15.9. The first-order chi connectivity index (χ1) is 15.0. The predicted octanol–water partition coefficient (Wildman–Crippen LogP) is 3.17. The van der Waals surface area contributed by atoms with Gasteiger partial charge in [-0.15, -0.1) is 12.4 Å². The lowest BCUT2D eigenvalue weighted by Crippen LogP contribution is -2.51. The molecule has 0 aliphatic carbocycles. The van der Waals surface area contributed by atoms with Gasteiger partial charge in [-0.05, 0) is 43.7 Å².